The number of benzene rings is 1. The monoisotopic (exact) mass is 468 g/mol. The Morgan fingerprint density at radius 3 is 2.48 bits per heavy atom. The predicted molar refractivity (Wildman–Crippen MR) is 124 cm³/mol. The van der Waals surface area contributed by atoms with Crippen molar-refractivity contribution >= 4 is 15.9 Å². The predicted octanol–water partition coefficient (Wildman–Crippen LogP) is 3.88. The van der Waals surface area contributed by atoms with E-state index in [9.17, 15) is 8.42 Å². The lowest BCUT2D eigenvalue weighted by molar-refractivity contribution is 0.137. The second-order valence-corrected chi connectivity index (χ2v) is 11.3. The van der Waals surface area contributed by atoms with Crippen molar-refractivity contribution in [2.45, 2.75) is 50.0 Å². The summed E-state index contributed by atoms with van der Waals surface area (Å²) >= 11 is 0. The maximum atomic E-state index is 11.7. The Morgan fingerprint density at radius 1 is 1.12 bits per heavy atom. The Balaban J connectivity index is 1.23. The molecule has 3 aromatic rings. The Morgan fingerprint density at radius 2 is 1.85 bits per heavy atom. The van der Waals surface area contributed by atoms with Gasteiger partial charge in [0.25, 0.3) is 0 Å². The first-order valence-electron chi connectivity index (χ1n) is 11.3. The summed E-state index contributed by atoms with van der Waals surface area (Å²) in [5.41, 5.74) is 2.87. The molecule has 4 heterocycles. The Kier molecular flexibility index (Phi) is 5.60. The summed E-state index contributed by atoms with van der Waals surface area (Å²) in [4.78, 5) is 11.5. The summed E-state index contributed by atoms with van der Waals surface area (Å²) in [6.07, 6.45) is 6.00. The van der Waals surface area contributed by atoms with Crippen molar-refractivity contribution in [2.24, 2.45) is 5.92 Å². The molecule has 0 spiro atoms. The minimum Gasteiger partial charge on any atom is -0.488 e. The Hall–Kier alpha value is -2.94. The SMILES string of the molecule is CC(C)c1noc(N2CCC(C3Cc4cc(-c5ccc(S(C)(=O)=O)cc5)ncc4O3)CC2)n1. The molecule has 1 aromatic carbocycles. The van der Waals surface area contributed by atoms with Crippen LogP contribution in [0.1, 0.15) is 44.0 Å². The highest BCUT2D eigenvalue weighted by Crippen LogP contribution is 2.37. The number of nitrogens with zero attached hydrogens (tertiary/aromatic N) is 4. The van der Waals surface area contributed by atoms with Crippen LogP contribution in [0.4, 0.5) is 6.01 Å². The second kappa shape index (κ2) is 8.44. The largest absolute Gasteiger partial charge is 0.488 e. The van der Waals surface area contributed by atoms with Crippen molar-refractivity contribution in [2.75, 3.05) is 24.2 Å². The van der Waals surface area contributed by atoms with E-state index in [1.807, 2.05) is 0 Å². The summed E-state index contributed by atoms with van der Waals surface area (Å²) < 4.78 is 35.1. The van der Waals surface area contributed by atoms with Gasteiger partial charge in [-0.2, -0.15) is 4.98 Å². The minimum atomic E-state index is -3.21. The van der Waals surface area contributed by atoms with Gasteiger partial charge in [-0.15, -0.1) is 0 Å². The lowest BCUT2D eigenvalue weighted by Gasteiger charge is -2.33. The van der Waals surface area contributed by atoms with Crippen LogP contribution < -0.4 is 9.64 Å². The van der Waals surface area contributed by atoms with E-state index in [2.05, 4.69) is 39.9 Å². The topological polar surface area (TPSA) is 98.4 Å². The lowest BCUT2D eigenvalue weighted by Crippen LogP contribution is -2.39. The Labute approximate surface area is 193 Å². The number of pyridine rings is 1. The molecule has 0 amide bonds. The van der Waals surface area contributed by atoms with Crippen LogP contribution >= 0.6 is 0 Å². The molecule has 5 rings (SSSR count). The third kappa shape index (κ3) is 4.46. The standard InChI is InChI=1S/C24H28N4O4S/c1-15(2)23-26-24(32-27-23)28-10-8-17(9-11-28)21-13-18-12-20(25-14-22(18)31-21)16-4-6-19(7-5-16)33(3,29)30/h4-7,12,14-15,17,21H,8-11,13H2,1-3H3. The number of rotatable bonds is 5. The first-order chi connectivity index (χ1) is 15.8. The molecule has 0 N–H and O–H groups in total. The molecule has 2 aliphatic heterocycles. The van der Waals surface area contributed by atoms with E-state index < -0.39 is 9.84 Å². The number of anilines is 1. The first-order valence-corrected chi connectivity index (χ1v) is 13.2. The van der Waals surface area contributed by atoms with Crippen molar-refractivity contribution in [1.82, 2.24) is 15.1 Å². The molecule has 1 saturated heterocycles. The second-order valence-electron chi connectivity index (χ2n) is 9.25. The van der Waals surface area contributed by atoms with Crippen molar-refractivity contribution in [3.63, 3.8) is 0 Å². The number of ether oxygens (including phenoxy) is 1. The van der Waals surface area contributed by atoms with E-state index in [1.54, 1.807) is 30.5 Å². The molecule has 2 aliphatic rings. The zero-order valence-corrected chi connectivity index (χ0v) is 19.9. The number of fused-ring (bicyclic) bond motifs is 1. The zero-order valence-electron chi connectivity index (χ0n) is 19.1. The number of piperidine rings is 1. The normalized spacial score (nSPS) is 19.0. The van der Waals surface area contributed by atoms with Gasteiger partial charge in [0.15, 0.2) is 15.7 Å². The van der Waals surface area contributed by atoms with Gasteiger partial charge in [-0.1, -0.05) is 31.1 Å². The van der Waals surface area contributed by atoms with Crippen LogP contribution in [0.2, 0.25) is 0 Å². The maximum Gasteiger partial charge on any atom is 0.324 e. The minimum absolute atomic E-state index is 0.140. The maximum absolute atomic E-state index is 11.7. The molecule has 0 radical (unpaired) electrons. The Bertz CT molecular complexity index is 1250. The van der Waals surface area contributed by atoms with Gasteiger partial charge in [-0.25, -0.2) is 8.42 Å². The summed E-state index contributed by atoms with van der Waals surface area (Å²) in [7, 11) is -3.21. The van der Waals surface area contributed by atoms with E-state index in [0.29, 0.717) is 16.8 Å². The third-order valence-corrected chi connectivity index (χ3v) is 7.64. The molecule has 174 valence electrons. The van der Waals surface area contributed by atoms with E-state index in [0.717, 1.165) is 60.7 Å². The van der Waals surface area contributed by atoms with Gasteiger partial charge in [-0.05, 0) is 37.0 Å². The van der Waals surface area contributed by atoms with Crippen LogP contribution in [0.3, 0.4) is 0 Å². The first kappa shape index (κ1) is 21.9. The van der Waals surface area contributed by atoms with Crippen LogP contribution in [-0.4, -0.2) is 49.0 Å². The van der Waals surface area contributed by atoms with Crippen molar-refractivity contribution < 1.29 is 17.7 Å². The van der Waals surface area contributed by atoms with Crippen LogP contribution in [-0.2, 0) is 16.3 Å². The van der Waals surface area contributed by atoms with Gasteiger partial charge in [0.05, 0.1) is 16.8 Å². The van der Waals surface area contributed by atoms with E-state index in [-0.39, 0.29) is 12.0 Å². The molecule has 33 heavy (non-hydrogen) atoms. The van der Waals surface area contributed by atoms with Crippen LogP contribution in [0.5, 0.6) is 5.75 Å². The molecule has 9 heteroatoms. The average Bonchev–Trinajstić information content (AvgIpc) is 3.46. The fraction of sp³-hybridized carbons (Fsp3) is 0.458. The molecule has 1 fully saturated rings. The van der Waals surface area contributed by atoms with Gasteiger partial charge >= 0.3 is 6.01 Å². The molecule has 1 unspecified atom stereocenters. The fourth-order valence-electron chi connectivity index (χ4n) is 4.52. The molecule has 8 nitrogen and oxygen atoms in total. The van der Waals surface area contributed by atoms with Crippen LogP contribution in [0.25, 0.3) is 11.3 Å². The molecular weight excluding hydrogens is 440 g/mol. The highest BCUT2D eigenvalue weighted by molar-refractivity contribution is 7.90. The highest BCUT2D eigenvalue weighted by Gasteiger charge is 2.34. The molecule has 0 saturated carbocycles. The highest BCUT2D eigenvalue weighted by atomic mass is 32.2. The van der Waals surface area contributed by atoms with E-state index in [1.165, 1.54) is 6.26 Å². The lowest BCUT2D eigenvalue weighted by atomic mass is 9.89. The summed E-state index contributed by atoms with van der Waals surface area (Å²) in [5.74, 6) is 2.30. The van der Waals surface area contributed by atoms with Gasteiger partial charge in [0, 0.05) is 42.8 Å². The molecule has 1 atom stereocenters. The van der Waals surface area contributed by atoms with Crippen molar-refractivity contribution in [1.29, 1.82) is 0 Å². The average molecular weight is 469 g/mol. The van der Waals surface area contributed by atoms with E-state index in [4.69, 9.17) is 9.26 Å². The number of hydrogen-bond acceptors (Lipinski definition) is 8. The number of hydrogen-bond donors (Lipinski definition) is 0. The summed E-state index contributed by atoms with van der Waals surface area (Å²) in [5, 5.41) is 4.08. The van der Waals surface area contributed by atoms with Crippen molar-refractivity contribution in [3.8, 4) is 17.0 Å². The van der Waals surface area contributed by atoms with Gasteiger partial charge in [0.2, 0.25) is 0 Å². The van der Waals surface area contributed by atoms with Gasteiger partial charge in [0.1, 0.15) is 11.9 Å². The fourth-order valence-corrected chi connectivity index (χ4v) is 5.15. The van der Waals surface area contributed by atoms with Gasteiger partial charge in [-0.3, -0.25) is 4.98 Å². The summed E-state index contributed by atoms with van der Waals surface area (Å²) in [6, 6.07) is 9.53. The van der Waals surface area contributed by atoms with Crippen LogP contribution in [0.15, 0.2) is 45.9 Å². The number of aromatic nitrogens is 3. The zero-order chi connectivity index (χ0) is 23.2. The summed E-state index contributed by atoms with van der Waals surface area (Å²) in [6.45, 7) is 5.86. The molecule has 2 aromatic heterocycles. The molecule has 0 bridgehead atoms. The smallest absolute Gasteiger partial charge is 0.324 e. The van der Waals surface area contributed by atoms with Crippen molar-refractivity contribution in [3.05, 3.63) is 47.9 Å². The third-order valence-electron chi connectivity index (χ3n) is 6.51. The quantitative estimate of drug-likeness (QED) is 0.556. The molecular formula is C24H28N4O4S. The van der Waals surface area contributed by atoms with Gasteiger partial charge < -0.3 is 14.2 Å². The molecule has 0 aliphatic carbocycles. The van der Waals surface area contributed by atoms with E-state index >= 15 is 0 Å². The number of sulfone groups is 1. The van der Waals surface area contributed by atoms with Crippen LogP contribution in [0, 0.1) is 5.92 Å².